The molecule has 0 unspecified atom stereocenters. The summed E-state index contributed by atoms with van der Waals surface area (Å²) in [6, 6.07) is 17.1. The van der Waals surface area contributed by atoms with Crippen LogP contribution >= 0.6 is 0 Å². The summed E-state index contributed by atoms with van der Waals surface area (Å²) >= 11 is 0. The number of hydrogen-bond donors (Lipinski definition) is 0. The van der Waals surface area contributed by atoms with Crippen LogP contribution in [0, 0.1) is 6.92 Å². The number of aryl methyl sites for hydroxylation is 1. The van der Waals surface area contributed by atoms with E-state index in [1.807, 2.05) is 0 Å². The van der Waals surface area contributed by atoms with Crippen molar-refractivity contribution in [2.75, 3.05) is 18.5 Å². The molecule has 0 bridgehead atoms. The van der Waals surface area contributed by atoms with Crippen molar-refractivity contribution in [3.63, 3.8) is 0 Å². The number of rotatable bonds is 1. The van der Waals surface area contributed by atoms with Gasteiger partial charge in [0.25, 0.3) is 0 Å². The summed E-state index contributed by atoms with van der Waals surface area (Å²) in [5.74, 6) is 3.22. The highest BCUT2D eigenvalue weighted by molar-refractivity contribution is 5.79. The van der Waals surface area contributed by atoms with Gasteiger partial charge in [0.1, 0.15) is 0 Å². The van der Waals surface area contributed by atoms with E-state index >= 15 is 0 Å². The van der Waals surface area contributed by atoms with Gasteiger partial charge >= 0.3 is 0 Å². The van der Waals surface area contributed by atoms with E-state index in [0.29, 0.717) is 0 Å². The van der Waals surface area contributed by atoms with Gasteiger partial charge in [-0.05, 0) is 65.6 Å². The molecule has 0 amide bonds. The number of fused-ring (bicyclic) bond motifs is 5. The monoisotopic (exact) mass is 373 g/mol. The molecule has 3 aromatic rings. The summed E-state index contributed by atoms with van der Waals surface area (Å²) in [5.41, 5.74) is 7.19. The van der Waals surface area contributed by atoms with Crippen molar-refractivity contribution < 1.29 is 18.9 Å². The van der Waals surface area contributed by atoms with Crippen molar-refractivity contribution in [3.05, 3.63) is 65.2 Å². The molecule has 0 atom stereocenters. The standard InChI is InChI=1S/C23H19NO4/c1-14-2-4-17(5-3-14)24-10-15-6-20-22(27-12-25-20)8-18(15)19-9-23-21(26-13-28-23)7-16(19)11-24/h2-9H,10-13H2,1H3. The van der Waals surface area contributed by atoms with Crippen LogP contribution in [-0.4, -0.2) is 13.6 Å². The van der Waals surface area contributed by atoms with Gasteiger partial charge in [0, 0.05) is 18.8 Å². The van der Waals surface area contributed by atoms with Crippen molar-refractivity contribution in [2.24, 2.45) is 0 Å². The Kier molecular flexibility index (Phi) is 3.27. The number of nitrogens with zero attached hydrogens (tertiary/aromatic N) is 1. The predicted octanol–water partition coefficient (Wildman–Crippen LogP) is 4.64. The molecule has 3 aliphatic rings. The lowest BCUT2D eigenvalue weighted by Gasteiger charge is -2.24. The molecule has 5 heteroatoms. The smallest absolute Gasteiger partial charge is 0.231 e. The van der Waals surface area contributed by atoms with Gasteiger partial charge in [-0.15, -0.1) is 0 Å². The molecule has 0 saturated carbocycles. The number of anilines is 1. The Morgan fingerprint density at radius 1 is 0.643 bits per heavy atom. The fourth-order valence-electron chi connectivity index (χ4n) is 4.14. The van der Waals surface area contributed by atoms with Gasteiger partial charge in [0.2, 0.25) is 13.6 Å². The van der Waals surface area contributed by atoms with Gasteiger partial charge in [0.15, 0.2) is 23.0 Å². The highest BCUT2D eigenvalue weighted by Crippen LogP contribution is 2.46. The fraction of sp³-hybridized carbons (Fsp3) is 0.217. The molecule has 0 aromatic heterocycles. The van der Waals surface area contributed by atoms with Crippen LogP contribution in [-0.2, 0) is 13.1 Å². The Hall–Kier alpha value is -3.34. The molecule has 0 radical (unpaired) electrons. The van der Waals surface area contributed by atoms with Gasteiger partial charge in [-0.1, -0.05) is 17.7 Å². The Morgan fingerprint density at radius 3 is 1.61 bits per heavy atom. The molecule has 6 rings (SSSR count). The second-order valence-electron chi connectivity index (χ2n) is 7.42. The third-order valence-electron chi connectivity index (χ3n) is 5.61. The summed E-state index contributed by atoms with van der Waals surface area (Å²) in [5, 5.41) is 0. The molecule has 0 N–H and O–H groups in total. The van der Waals surface area contributed by atoms with E-state index in [1.54, 1.807) is 0 Å². The van der Waals surface area contributed by atoms with Gasteiger partial charge in [-0.3, -0.25) is 0 Å². The quantitative estimate of drug-likeness (QED) is 0.621. The fourth-order valence-corrected chi connectivity index (χ4v) is 4.14. The maximum Gasteiger partial charge on any atom is 0.231 e. The summed E-state index contributed by atoms with van der Waals surface area (Å²) in [6.45, 7) is 4.23. The van der Waals surface area contributed by atoms with E-state index in [1.165, 1.54) is 22.4 Å². The third kappa shape index (κ3) is 2.39. The molecule has 3 aliphatic heterocycles. The SMILES string of the molecule is Cc1ccc(N2Cc3cc4c(cc3-c3cc5c(cc3C2)OCO5)OCO4)cc1. The van der Waals surface area contributed by atoms with Gasteiger partial charge < -0.3 is 23.8 Å². The number of benzene rings is 3. The average molecular weight is 373 g/mol. The first-order chi connectivity index (χ1) is 13.7. The summed E-state index contributed by atoms with van der Waals surface area (Å²) in [7, 11) is 0. The topological polar surface area (TPSA) is 40.2 Å². The minimum Gasteiger partial charge on any atom is -0.454 e. The van der Waals surface area contributed by atoms with Crippen LogP contribution < -0.4 is 23.8 Å². The van der Waals surface area contributed by atoms with E-state index in [-0.39, 0.29) is 13.6 Å². The molecule has 0 fully saturated rings. The molecule has 28 heavy (non-hydrogen) atoms. The largest absolute Gasteiger partial charge is 0.454 e. The first-order valence-corrected chi connectivity index (χ1v) is 9.42. The first kappa shape index (κ1) is 15.7. The molecular weight excluding hydrogens is 354 g/mol. The summed E-state index contributed by atoms with van der Waals surface area (Å²) in [6.07, 6.45) is 0. The highest BCUT2D eigenvalue weighted by atomic mass is 16.7. The van der Waals surface area contributed by atoms with Gasteiger partial charge in [-0.2, -0.15) is 0 Å². The zero-order chi connectivity index (χ0) is 18.7. The van der Waals surface area contributed by atoms with Crippen LogP contribution in [0.4, 0.5) is 5.69 Å². The summed E-state index contributed by atoms with van der Waals surface area (Å²) in [4.78, 5) is 2.38. The van der Waals surface area contributed by atoms with E-state index in [2.05, 4.69) is 60.4 Å². The molecule has 0 aliphatic carbocycles. The normalized spacial score (nSPS) is 15.8. The van der Waals surface area contributed by atoms with Crippen molar-refractivity contribution in [1.29, 1.82) is 0 Å². The molecular formula is C23H19NO4. The van der Waals surface area contributed by atoms with Crippen LogP contribution in [0.15, 0.2) is 48.5 Å². The van der Waals surface area contributed by atoms with Crippen LogP contribution in [0.3, 0.4) is 0 Å². The second kappa shape index (κ2) is 5.83. The minimum atomic E-state index is 0.272. The summed E-state index contributed by atoms with van der Waals surface area (Å²) < 4.78 is 22.6. The zero-order valence-electron chi connectivity index (χ0n) is 15.5. The van der Waals surface area contributed by atoms with Crippen LogP contribution in [0.1, 0.15) is 16.7 Å². The van der Waals surface area contributed by atoms with Crippen LogP contribution in [0.2, 0.25) is 0 Å². The Balaban J connectivity index is 1.55. The molecule has 3 aromatic carbocycles. The molecule has 0 spiro atoms. The van der Waals surface area contributed by atoms with Gasteiger partial charge in [-0.25, -0.2) is 0 Å². The Bertz CT molecular complexity index is 1030. The average Bonchev–Trinajstić information content (AvgIpc) is 3.31. The molecule has 5 nitrogen and oxygen atoms in total. The van der Waals surface area contributed by atoms with Crippen molar-refractivity contribution in [1.82, 2.24) is 0 Å². The van der Waals surface area contributed by atoms with Crippen LogP contribution in [0.25, 0.3) is 11.1 Å². The number of ether oxygens (including phenoxy) is 4. The van der Waals surface area contributed by atoms with Crippen molar-refractivity contribution in [2.45, 2.75) is 20.0 Å². The van der Waals surface area contributed by atoms with Crippen molar-refractivity contribution >= 4 is 5.69 Å². The van der Waals surface area contributed by atoms with Crippen LogP contribution in [0.5, 0.6) is 23.0 Å². The second-order valence-corrected chi connectivity index (χ2v) is 7.42. The molecule has 140 valence electrons. The lowest BCUT2D eigenvalue weighted by atomic mass is 9.95. The third-order valence-corrected chi connectivity index (χ3v) is 5.61. The number of hydrogen-bond acceptors (Lipinski definition) is 5. The minimum absolute atomic E-state index is 0.272. The Morgan fingerprint density at radius 2 is 1.11 bits per heavy atom. The van der Waals surface area contributed by atoms with E-state index in [4.69, 9.17) is 18.9 Å². The van der Waals surface area contributed by atoms with E-state index in [0.717, 1.165) is 47.2 Å². The molecule has 3 heterocycles. The zero-order valence-corrected chi connectivity index (χ0v) is 15.5. The lowest BCUT2D eigenvalue weighted by Crippen LogP contribution is -2.20. The van der Waals surface area contributed by atoms with Gasteiger partial charge in [0.05, 0.1) is 0 Å². The van der Waals surface area contributed by atoms with E-state index in [9.17, 15) is 0 Å². The Labute approximate surface area is 163 Å². The predicted molar refractivity (Wildman–Crippen MR) is 105 cm³/mol. The highest BCUT2D eigenvalue weighted by Gasteiger charge is 2.27. The lowest BCUT2D eigenvalue weighted by molar-refractivity contribution is 0.173. The first-order valence-electron chi connectivity index (χ1n) is 9.42. The maximum atomic E-state index is 5.65. The molecule has 0 saturated heterocycles. The maximum absolute atomic E-state index is 5.65. The van der Waals surface area contributed by atoms with Crippen molar-refractivity contribution in [3.8, 4) is 34.1 Å². The van der Waals surface area contributed by atoms with E-state index < -0.39 is 0 Å².